The van der Waals surface area contributed by atoms with Crippen LogP contribution in [0.1, 0.15) is 62.9 Å². The van der Waals surface area contributed by atoms with Crippen LogP contribution in [0.4, 0.5) is 0 Å². The normalized spacial score (nSPS) is 16.7. The molecule has 0 saturated heterocycles. The Morgan fingerprint density at radius 2 is 1.95 bits per heavy atom. The molecule has 0 spiro atoms. The second-order valence-corrected chi connectivity index (χ2v) is 6.29. The monoisotopic (exact) mass is 291 g/mol. The van der Waals surface area contributed by atoms with E-state index in [1.165, 1.54) is 42.5 Å². The summed E-state index contributed by atoms with van der Waals surface area (Å²) >= 11 is 0. The summed E-state index contributed by atoms with van der Waals surface area (Å²) in [6.45, 7) is 4.57. The Morgan fingerprint density at radius 1 is 1.29 bits per heavy atom. The van der Waals surface area contributed by atoms with Crippen LogP contribution in [0.25, 0.3) is 0 Å². The molecular formula is C16H25N3O2. The van der Waals surface area contributed by atoms with Gasteiger partial charge in [0.15, 0.2) is 0 Å². The smallest absolute Gasteiger partial charge is 0.271 e. The third-order valence-electron chi connectivity index (χ3n) is 3.83. The second-order valence-electron chi connectivity index (χ2n) is 6.29. The van der Waals surface area contributed by atoms with Gasteiger partial charge in [-0.1, -0.05) is 39.5 Å². The molecule has 2 rings (SSSR count). The maximum Gasteiger partial charge on any atom is 0.271 e. The van der Waals surface area contributed by atoms with Gasteiger partial charge in [0.2, 0.25) is 0 Å². The van der Waals surface area contributed by atoms with E-state index in [1.807, 2.05) is 13.8 Å². The van der Waals surface area contributed by atoms with Gasteiger partial charge in [-0.15, -0.1) is 0 Å². The van der Waals surface area contributed by atoms with E-state index in [9.17, 15) is 9.59 Å². The van der Waals surface area contributed by atoms with Gasteiger partial charge in [-0.25, -0.2) is 4.68 Å². The first kappa shape index (κ1) is 15.7. The van der Waals surface area contributed by atoms with E-state index in [2.05, 4.69) is 10.4 Å². The van der Waals surface area contributed by atoms with Crippen molar-refractivity contribution in [2.24, 2.45) is 5.92 Å². The van der Waals surface area contributed by atoms with E-state index in [1.54, 1.807) is 0 Å². The highest BCUT2D eigenvalue weighted by Gasteiger charge is 2.17. The zero-order chi connectivity index (χ0) is 15.2. The number of rotatable bonds is 4. The maximum absolute atomic E-state index is 12.3. The number of amides is 1. The molecule has 1 aromatic heterocycles. The predicted octanol–water partition coefficient (Wildman–Crippen LogP) is 2.35. The average Bonchev–Trinajstić information content (AvgIpc) is 2.69. The highest BCUT2D eigenvalue weighted by Crippen LogP contribution is 2.17. The highest BCUT2D eigenvalue weighted by molar-refractivity contribution is 5.92. The molecule has 0 aromatic carbocycles. The van der Waals surface area contributed by atoms with Crippen molar-refractivity contribution in [3.63, 3.8) is 0 Å². The molecule has 0 radical (unpaired) electrons. The van der Waals surface area contributed by atoms with Crippen molar-refractivity contribution in [1.29, 1.82) is 0 Å². The van der Waals surface area contributed by atoms with Crippen molar-refractivity contribution in [3.05, 3.63) is 28.2 Å². The molecule has 1 aromatic rings. The van der Waals surface area contributed by atoms with Crippen molar-refractivity contribution in [1.82, 2.24) is 15.1 Å². The summed E-state index contributed by atoms with van der Waals surface area (Å²) in [7, 11) is 0. The molecular weight excluding hydrogens is 266 g/mol. The number of nitrogens with one attached hydrogen (secondary N) is 1. The maximum atomic E-state index is 12.3. The van der Waals surface area contributed by atoms with Crippen LogP contribution in [0.5, 0.6) is 0 Å². The van der Waals surface area contributed by atoms with Gasteiger partial charge in [0, 0.05) is 18.7 Å². The van der Waals surface area contributed by atoms with Crippen molar-refractivity contribution in [2.75, 3.05) is 0 Å². The average molecular weight is 291 g/mol. The second kappa shape index (κ2) is 7.38. The number of carbonyl (C=O) groups excluding carboxylic acids is 1. The molecule has 0 atom stereocenters. The van der Waals surface area contributed by atoms with E-state index in [-0.39, 0.29) is 17.5 Å². The number of nitrogens with zero attached hydrogens (tertiary/aromatic N) is 2. The zero-order valence-electron chi connectivity index (χ0n) is 13.0. The van der Waals surface area contributed by atoms with Crippen LogP contribution in [0, 0.1) is 5.92 Å². The van der Waals surface area contributed by atoms with Gasteiger partial charge >= 0.3 is 0 Å². The highest BCUT2D eigenvalue weighted by atomic mass is 16.2. The minimum atomic E-state index is -0.167. The van der Waals surface area contributed by atoms with Crippen LogP contribution in [0.2, 0.25) is 0 Å². The lowest BCUT2D eigenvalue weighted by Gasteiger charge is -2.16. The van der Waals surface area contributed by atoms with E-state index in [0.29, 0.717) is 18.2 Å². The minimum absolute atomic E-state index is 0.158. The Hall–Kier alpha value is -1.65. The fourth-order valence-electron chi connectivity index (χ4n) is 2.73. The Labute approximate surface area is 125 Å². The van der Waals surface area contributed by atoms with E-state index >= 15 is 0 Å². The van der Waals surface area contributed by atoms with Gasteiger partial charge in [-0.2, -0.15) is 5.10 Å². The van der Waals surface area contributed by atoms with Crippen LogP contribution in [-0.2, 0) is 6.54 Å². The summed E-state index contributed by atoms with van der Waals surface area (Å²) in [5.74, 6) is 0.148. The first-order chi connectivity index (χ1) is 10.1. The van der Waals surface area contributed by atoms with Crippen molar-refractivity contribution in [3.8, 4) is 0 Å². The zero-order valence-corrected chi connectivity index (χ0v) is 13.0. The van der Waals surface area contributed by atoms with Gasteiger partial charge < -0.3 is 5.32 Å². The predicted molar refractivity (Wildman–Crippen MR) is 82.3 cm³/mol. The quantitative estimate of drug-likeness (QED) is 0.866. The molecule has 5 heteroatoms. The number of aromatic nitrogens is 2. The molecule has 1 N–H and O–H groups in total. The number of carbonyl (C=O) groups is 1. The van der Waals surface area contributed by atoms with E-state index in [0.717, 1.165) is 12.8 Å². The molecule has 1 fully saturated rings. The summed E-state index contributed by atoms with van der Waals surface area (Å²) in [5.41, 5.74) is 0.175. The van der Waals surface area contributed by atoms with Gasteiger partial charge in [-0.3, -0.25) is 9.59 Å². The third kappa shape index (κ3) is 4.69. The Kier molecular flexibility index (Phi) is 5.53. The van der Waals surface area contributed by atoms with Crippen molar-refractivity contribution >= 4 is 5.91 Å². The fourth-order valence-corrected chi connectivity index (χ4v) is 2.73. The number of hydrogen-bond donors (Lipinski definition) is 1. The Morgan fingerprint density at radius 3 is 2.57 bits per heavy atom. The summed E-state index contributed by atoms with van der Waals surface area (Å²) in [6.07, 6.45) is 6.93. The van der Waals surface area contributed by atoms with Crippen molar-refractivity contribution in [2.45, 2.75) is 65.0 Å². The number of hydrogen-bond acceptors (Lipinski definition) is 3. The topological polar surface area (TPSA) is 64.0 Å². The molecule has 1 heterocycles. The molecule has 0 aliphatic heterocycles. The van der Waals surface area contributed by atoms with E-state index < -0.39 is 0 Å². The van der Waals surface area contributed by atoms with Crippen LogP contribution < -0.4 is 10.9 Å². The lowest BCUT2D eigenvalue weighted by atomic mass is 10.1. The lowest BCUT2D eigenvalue weighted by molar-refractivity contribution is 0.0925. The first-order valence-electron chi connectivity index (χ1n) is 7.95. The van der Waals surface area contributed by atoms with Crippen LogP contribution in [-0.4, -0.2) is 21.7 Å². The molecule has 0 bridgehead atoms. The molecule has 1 saturated carbocycles. The summed E-state index contributed by atoms with van der Waals surface area (Å²) in [5, 5.41) is 7.25. The molecule has 116 valence electrons. The molecule has 21 heavy (non-hydrogen) atoms. The van der Waals surface area contributed by atoms with E-state index in [4.69, 9.17) is 0 Å². The lowest BCUT2D eigenvalue weighted by Crippen LogP contribution is -2.36. The van der Waals surface area contributed by atoms with Crippen LogP contribution >= 0.6 is 0 Å². The summed E-state index contributed by atoms with van der Waals surface area (Å²) in [4.78, 5) is 24.0. The third-order valence-corrected chi connectivity index (χ3v) is 3.83. The largest absolute Gasteiger partial charge is 0.348 e. The molecule has 1 aliphatic carbocycles. The Balaban J connectivity index is 2.06. The molecule has 0 unspecified atom stereocenters. The van der Waals surface area contributed by atoms with Crippen LogP contribution in [0.15, 0.2) is 16.9 Å². The summed E-state index contributed by atoms with van der Waals surface area (Å²) in [6, 6.07) is 3.19. The standard InChI is InChI=1S/C16H25N3O2/c1-12(2)11-19-15(20)10-9-14(18-19)16(21)17-13-7-5-3-4-6-8-13/h9-10,12-13H,3-8,11H2,1-2H3,(H,17,21). The van der Waals surface area contributed by atoms with Gasteiger partial charge in [-0.05, 0) is 24.8 Å². The van der Waals surface area contributed by atoms with Gasteiger partial charge in [0.25, 0.3) is 11.5 Å². The first-order valence-corrected chi connectivity index (χ1v) is 7.95. The summed E-state index contributed by atoms with van der Waals surface area (Å²) < 4.78 is 1.38. The van der Waals surface area contributed by atoms with Crippen molar-refractivity contribution < 1.29 is 4.79 Å². The fraction of sp³-hybridized carbons (Fsp3) is 0.688. The van der Waals surface area contributed by atoms with Gasteiger partial charge in [0.1, 0.15) is 5.69 Å². The molecule has 1 aliphatic rings. The van der Waals surface area contributed by atoms with Crippen LogP contribution in [0.3, 0.4) is 0 Å². The minimum Gasteiger partial charge on any atom is -0.348 e. The SMILES string of the molecule is CC(C)Cn1nc(C(=O)NC2CCCCCC2)ccc1=O. The Bertz CT molecular complexity index is 529. The van der Waals surface area contributed by atoms with Gasteiger partial charge in [0.05, 0.1) is 0 Å². The molecule has 1 amide bonds. The molecule has 5 nitrogen and oxygen atoms in total.